The van der Waals surface area contributed by atoms with E-state index >= 15 is 0 Å². The molecule has 0 amide bonds. The van der Waals surface area contributed by atoms with Crippen molar-refractivity contribution in [3.8, 4) is 33.8 Å². The summed E-state index contributed by atoms with van der Waals surface area (Å²) in [6, 6.07) is 26.0. The fraction of sp³-hybridized carbons (Fsp3) is 0. The minimum absolute atomic E-state index is 0.873. The van der Waals surface area contributed by atoms with Gasteiger partial charge in [0.1, 0.15) is 9.88 Å². The lowest BCUT2D eigenvalue weighted by atomic mass is 10.1. The number of hydrogen-bond donors (Lipinski definition) is 0. The Balaban J connectivity index is 1.82. The number of nitrogens with zero attached hydrogens (tertiary/aromatic N) is 2. The van der Waals surface area contributed by atoms with Gasteiger partial charge in [-0.25, -0.2) is 4.98 Å². The van der Waals surface area contributed by atoms with Crippen molar-refractivity contribution >= 4 is 11.3 Å². The number of thiazole rings is 1. The number of pyridine rings is 1. The van der Waals surface area contributed by atoms with Gasteiger partial charge in [-0.15, -0.1) is 11.3 Å². The SMILES string of the molecule is C(#Cc1sc(-c2ccccn2)nc1-c1ccccc1)c1ccccc1. The predicted octanol–water partition coefficient (Wildman–Crippen LogP) is 5.27. The zero-order valence-electron chi connectivity index (χ0n) is 13.4. The molecule has 2 aromatic heterocycles. The van der Waals surface area contributed by atoms with Gasteiger partial charge in [0.2, 0.25) is 0 Å². The van der Waals surface area contributed by atoms with Crippen LogP contribution in [0.5, 0.6) is 0 Å². The molecule has 2 aromatic carbocycles. The molecule has 0 bridgehead atoms. The van der Waals surface area contributed by atoms with Crippen LogP contribution in [0.1, 0.15) is 10.4 Å². The van der Waals surface area contributed by atoms with Crippen LogP contribution in [0, 0.1) is 11.8 Å². The minimum atomic E-state index is 0.873. The van der Waals surface area contributed by atoms with Gasteiger partial charge in [-0.2, -0.15) is 0 Å². The molecule has 0 aliphatic rings. The summed E-state index contributed by atoms with van der Waals surface area (Å²) >= 11 is 1.58. The molecule has 0 N–H and O–H groups in total. The third kappa shape index (κ3) is 3.50. The highest BCUT2D eigenvalue weighted by molar-refractivity contribution is 7.16. The third-order valence-corrected chi connectivity index (χ3v) is 4.65. The minimum Gasteiger partial charge on any atom is -0.254 e. The molecule has 0 saturated carbocycles. The molecular weight excluding hydrogens is 324 g/mol. The molecule has 0 unspecified atom stereocenters. The summed E-state index contributed by atoms with van der Waals surface area (Å²) in [6.45, 7) is 0. The van der Waals surface area contributed by atoms with Crippen LogP contribution in [0.4, 0.5) is 0 Å². The maximum Gasteiger partial charge on any atom is 0.143 e. The van der Waals surface area contributed by atoms with E-state index in [4.69, 9.17) is 4.98 Å². The van der Waals surface area contributed by atoms with Crippen molar-refractivity contribution in [1.29, 1.82) is 0 Å². The molecular formula is C22H14N2S. The van der Waals surface area contributed by atoms with Crippen molar-refractivity contribution in [1.82, 2.24) is 9.97 Å². The lowest BCUT2D eigenvalue weighted by Gasteiger charge is -1.97. The summed E-state index contributed by atoms with van der Waals surface area (Å²) in [7, 11) is 0. The Morgan fingerprint density at radius 3 is 2.16 bits per heavy atom. The quantitative estimate of drug-likeness (QED) is 0.465. The third-order valence-electron chi connectivity index (χ3n) is 3.65. The maximum absolute atomic E-state index is 4.82. The number of rotatable bonds is 2. The first-order valence-electron chi connectivity index (χ1n) is 7.95. The van der Waals surface area contributed by atoms with Crippen molar-refractivity contribution in [2.45, 2.75) is 0 Å². The lowest BCUT2D eigenvalue weighted by Crippen LogP contribution is -1.83. The van der Waals surface area contributed by atoms with Gasteiger partial charge in [-0.1, -0.05) is 60.5 Å². The molecule has 0 fully saturated rings. The Labute approximate surface area is 150 Å². The van der Waals surface area contributed by atoms with Crippen LogP contribution in [0.2, 0.25) is 0 Å². The molecule has 0 atom stereocenters. The summed E-state index contributed by atoms with van der Waals surface area (Å²) in [5.74, 6) is 6.53. The molecule has 2 heterocycles. The Hall–Kier alpha value is -3.22. The van der Waals surface area contributed by atoms with Crippen LogP contribution in [-0.2, 0) is 0 Å². The second-order valence-corrected chi connectivity index (χ2v) is 6.39. The molecule has 3 heteroatoms. The van der Waals surface area contributed by atoms with E-state index in [1.165, 1.54) is 0 Å². The average molecular weight is 338 g/mol. The molecule has 0 radical (unpaired) electrons. The largest absolute Gasteiger partial charge is 0.254 e. The predicted molar refractivity (Wildman–Crippen MR) is 103 cm³/mol. The normalized spacial score (nSPS) is 10.1. The Bertz CT molecular complexity index is 1030. The van der Waals surface area contributed by atoms with Gasteiger partial charge < -0.3 is 0 Å². The van der Waals surface area contributed by atoms with E-state index in [1.54, 1.807) is 17.5 Å². The zero-order valence-corrected chi connectivity index (χ0v) is 14.2. The highest BCUT2D eigenvalue weighted by Gasteiger charge is 2.13. The molecule has 4 rings (SSSR count). The van der Waals surface area contributed by atoms with Crippen LogP contribution < -0.4 is 0 Å². The first kappa shape index (κ1) is 15.3. The topological polar surface area (TPSA) is 25.8 Å². The Kier molecular flexibility index (Phi) is 4.37. The van der Waals surface area contributed by atoms with Gasteiger partial charge in [0.05, 0.1) is 11.4 Å². The van der Waals surface area contributed by atoms with E-state index in [0.717, 1.165) is 32.4 Å². The fourth-order valence-electron chi connectivity index (χ4n) is 2.45. The van der Waals surface area contributed by atoms with E-state index in [2.05, 4.69) is 29.0 Å². The van der Waals surface area contributed by atoms with Crippen LogP contribution >= 0.6 is 11.3 Å². The smallest absolute Gasteiger partial charge is 0.143 e. The molecule has 2 nitrogen and oxygen atoms in total. The van der Waals surface area contributed by atoms with Crippen LogP contribution in [0.25, 0.3) is 22.0 Å². The van der Waals surface area contributed by atoms with E-state index in [1.807, 2.05) is 66.7 Å². The lowest BCUT2D eigenvalue weighted by molar-refractivity contribution is 1.29. The molecule has 0 aliphatic carbocycles. The first-order valence-corrected chi connectivity index (χ1v) is 8.76. The summed E-state index contributed by atoms with van der Waals surface area (Å²) in [5, 5.41) is 0.886. The first-order chi connectivity index (χ1) is 12.4. The standard InChI is InChI=1S/C22H14N2S/c1-3-9-17(10-4-1)14-15-20-21(18-11-5-2-6-12-18)24-22(25-20)19-13-7-8-16-23-19/h1-13,16H. The zero-order chi connectivity index (χ0) is 16.9. The number of aromatic nitrogens is 2. The Morgan fingerprint density at radius 2 is 1.44 bits per heavy atom. The number of hydrogen-bond acceptors (Lipinski definition) is 3. The van der Waals surface area contributed by atoms with Gasteiger partial charge in [0.25, 0.3) is 0 Å². The average Bonchev–Trinajstić information content (AvgIpc) is 3.13. The van der Waals surface area contributed by atoms with Crippen molar-refractivity contribution < 1.29 is 0 Å². The van der Waals surface area contributed by atoms with E-state index in [0.29, 0.717) is 0 Å². The summed E-state index contributed by atoms with van der Waals surface area (Å²) < 4.78 is 0. The second-order valence-electron chi connectivity index (χ2n) is 5.39. The molecule has 0 saturated heterocycles. The van der Waals surface area contributed by atoms with Crippen molar-refractivity contribution in [2.75, 3.05) is 0 Å². The van der Waals surface area contributed by atoms with Crippen LogP contribution in [0.15, 0.2) is 85.1 Å². The maximum atomic E-state index is 4.82. The van der Waals surface area contributed by atoms with Crippen molar-refractivity contribution in [3.05, 3.63) is 95.5 Å². The van der Waals surface area contributed by atoms with Crippen molar-refractivity contribution in [2.24, 2.45) is 0 Å². The molecule has 0 spiro atoms. The summed E-state index contributed by atoms with van der Waals surface area (Å²) in [4.78, 5) is 10.2. The second kappa shape index (κ2) is 7.12. The summed E-state index contributed by atoms with van der Waals surface area (Å²) in [6.07, 6.45) is 1.79. The summed E-state index contributed by atoms with van der Waals surface area (Å²) in [5.41, 5.74) is 3.85. The highest BCUT2D eigenvalue weighted by atomic mass is 32.1. The van der Waals surface area contributed by atoms with Crippen LogP contribution in [0.3, 0.4) is 0 Å². The molecule has 0 aliphatic heterocycles. The van der Waals surface area contributed by atoms with Gasteiger partial charge in [0, 0.05) is 17.3 Å². The van der Waals surface area contributed by atoms with Gasteiger partial charge >= 0.3 is 0 Å². The fourth-order valence-corrected chi connectivity index (χ4v) is 3.36. The monoisotopic (exact) mass is 338 g/mol. The van der Waals surface area contributed by atoms with Crippen molar-refractivity contribution in [3.63, 3.8) is 0 Å². The van der Waals surface area contributed by atoms with Gasteiger partial charge in [-0.05, 0) is 30.2 Å². The Morgan fingerprint density at radius 1 is 0.720 bits per heavy atom. The van der Waals surface area contributed by atoms with Gasteiger partial charge in [-0.3, -0.25) is 4.98 Å². The van der Waals surface area contributed by atoms with E-state index in [-0.39, 0.29) is 0 Å². The molecule has 4 aromatic rings. The highest BCUT2D eigenvalue weighted by Crippen LogP contribution is 2.32. The van der Waals surface area contributed by atoms with E-state index in [9.17, 15) is 0 Å². The molecule has 118 valence electrons. The van der Waals surface area contributed by atoms with Crippen LogP contribution in [-0.4, -0.2) is 9.97 Å². The molecule has 25 heavy (non-hydrogen) atoms. The number of benzene rings is 2. The van der Waals surface area contributed by atoms with E-state index < -0.39 is 0 Å². The van der Waals surface area contributed by atoms with Gasteiger partial charge in [0.15, 0.2) is 0 Å².